The van der Waals surface area contributed by atoms with Crippen molar-refractivity contribution < 1.29 is 19.4 Å². The number of hydrogen-bond acceptors (Lipinski definition) is 4. The standard InChI is InChI=1S/C19H26Cl2N4O4/c20-16-2-1-13(9-17(16)21)11-24-7-8-29-15(12-24)10-22-18(26)23-14-3-5-25(6-4-14)19(27)28/h1-2,9,14-15H,3-8,10-12H2,(H,27,28)(H2,22,23,26). The normalized spacial score (nSPS) is 21.0. The summed E-state index contributed by atoms with van der Waals surface area (Å²) < 4.78 is 5.77. The third-order valence-electron chi connectivity index (χ3n) is 5.20. The molecule has 0 bridgehead atoms. The molecule has 0 aliphatic carbocycles. The Hall–Kier alpha value is -1.74. The highest BCUT2D eigenvalue weighted by molar-refractivity contribution is 6.42. The van der Waals surface area contributed by atoms with E-state index >= 15 is 0 Å². The van der Waals surface area contributed by atoms with Gasteiger partial charge in [-0.1, -0.05) is 29.3 Å². The molecule has 8 nitrogen and oxygen atoms in total. The van der Waals surface area contributed by atoms with Gasteiger partial charge in [0.15, 0.2) is 0 Å². The Morgan fingerprint density at radius 1 is 1.17 bits per heavy atom. The van der Waals surface area contributed by atoms with Crippen LogP contribution in [0.4, 0.5) is 9.59 Å². The lowest BCUT2D eigenvalue weighted by molar-refractivity contribution is -0.0287. The Kier molecular flexibility index (Phi) is 7.83. The molecule has 160 valence electrons. The van der Waals surface area contributed by atoms with Gasteiger partial charge in [0.2, 0.25) is 0 Å². The smallest absolute Gasteiger partial charge is 0.407 e. The van der Waals surface area contributed by atoms with Crippen molar-refractivity contribution in [3.63, 3.8) is 0 Å². The summed E-state index contributed by atoms with van der Waals surface area (Å²) in [6.45, 7) is 4.15. The van der Waals surface area contributed by atoms with E-state index in [1.165, 1.54) is 4.90 Å². The summed E-state index contributed by atoms with van der Waals surface area (Å²) in [6.07, 6.45) is 0.243. The summed E-state index contributed by atoms with van der Waals surface area (Å²) >= 11 is 12.1. The van der Waals surface area contributed by atoms with Crippen LogP contribution in [0.15, 0.2) is 18.2 Å². The molecule has 2 heterocycles. The van der Waals surface area contributed by atoms with Gasteiger partial charge < -0.3 is 25.4 Å². The molecule has 2 aliphatic heterocycles. The van der Waals surface area contributed by atoms with Gasteiger partial charge in [-0.3, -0.25) is 4.90 Å². The molecule has 2 saturated heterocycles. The van der Waals surface area contributed by atoms with Crippen molar-refractivity contribution in [1.82, 2.24) is 20.4 Å². The quantitative estimate of drug-likeness (QED) is 0.648. The third-order valence-corrected chi connectivity index (χ3v) is 5.94. The Morgan fingerprint density at radius 3 is 2.62 bits per heavy atom. The first-order valence-electron chi connectivity index (χ1n) is 9.71. The van der Waals surface area contributed by atoms with Crippen LogP contribution in [0.3, 0.4) is 0 Å². The van der Waals surface area contributed by atoms with Gasteiger partial charge in [-0.2, -0.15) is 0 Å². The molecule has 3 amide bonds. The van der Waals surface area contributed by atoms with Crippen LogP contribution in [0.1, 0.15) is 18.4 Å². The highest BCUT2D eigenvalue weighted by atomic mass is 35.5. The molecule has 10 heteroatoms. The van der Waals surface area contributed by atoms with Crippen LogP contribution >= 0.6 is 23.2 Å². The van der Waals surface area contributed by atoms with E-state index in [2.05, 4.69) is 15.5 Å². The van der Waals surface area contributed by atoms with Crippen LogP contribution in [0.2, 0.25) is 10.0 Å². The number of hydrogen-bond donors (Lipinski definition) is 3. The van der Waals surface area contributed by atoms with Crippen molar-refractivity contribution in [2.24, 2.45) is 0 Å². The zero-order chi connectivity index (χ0) is 20.8. The highest BCUT2D eigenvalue weighted by Gasteiger charge is 2.24. The number of carboxylic acid groups (broad SMARTS) is 1. The number of likely N-dealkylation sites (tertiary alicyclic amines) is 1. The molecular weight excluding hydrogens is 419 g/mol. The SMILES string of the molecule is O=C(NCC1CN(Cc2ccc(Cl)c(Cl)c2)CCO1)NC1CCN(C(=O)O)CC1. The number of halogens is 2. The molecule has 3 N–H and O–H groups in total. The van der Waals surface area contributed by atoms with Crippen molar-refractivity contribution >= 4 is 35.3 Å². The van der Waals surface area contributed by atoms with Crippen LogP contribution in [0.5, 0.6) is 0 Å². The minimum absolute atomic E-state index is 0.0102. The molecular formula is C19H26Cl2N4O4. The van der Waals surface area contributed by atoms with Crippen molar-refractivity contribution in [2.75, 3.05) is 39.3 Å². The average Bonchev–Trinajstić information content (AvgIpc) is 2.70. The number of carbonyl (C=O) groups excluding carboxylic acids is 1. The van der Waals surface area contributed by atoms with E-state index in [4.69, 9.17) is 33.0 Å². The largest absolute Gasteiger partial charge is 0.465 e. The minimum Gasteiger partial charge on any atom is -0.465 e. The predicted octanol–water partition coefficient (Wildman–Crippen LogP) is 2.64. The van der Waals surface area contributed by atoms with Crippen LogP contribution < -0.4 is 10.6 Å². The van der Waals surface area contributed by atoms with Crippen LogP contribution in [-0.2, 0) is 11.3 Å². The first-order valence-corrected chi connectivity index (χ1v) is 10.5. The molecule has 1 aromatic rings. The van der Waals surface area contributed by atoms with E-state index in [0.29, 0.717) is 55.7 Å². The van der Waals surface area contributed by atoms with Crippen LogP contribution in [-0.4, -0.2) is 78.5 Å². The molecule has 1 aromatic carbocycles. The van der Waals surface area contributed by atoms with Gasteiger partial charge in [0, 0.05) is 45.3 Å². The summed E-state index contributed by atoms with van der Waals surface area (Å²) in [5, 5.41) is 15.8. The van der Waals surface area contributed by atoms with Gasteiger partial charge in [-0.05, 0) is 30.5 Å². The Labute approximate surface area is 180 Å². The maximum Gasteiger partial charge on any atom is 0.407 e. The fraction of sp³-hybridized carbons (Fsp3) is 0.579. The maximum absolute atomic E-state index is 12.2. The van der Waals surface area contributed by atoms with Gasteiger partial charge in [-0.15, -0.1) is 0 Å². The van der Waals surface area contributed by atoms with Crippen molar-refractivity contribution in [3.8, 4) is 0 Å². The number of amides is 3. The molecule has 29 heavy (non-hydrogen) atoms. The van der Waals surface area contributed by atoms with Gasteiger partial charge in [0.25, 0.3) is 0 Å². The first-order chi connectivity index (χ1) is 13.9. The molecule has 0 aromatic heterocycles. The second kappa shape index (κ2) is 10.3. The van der Waals surface area contributed by atoms with E-state index in [1.54, 1.807) is 6.07 Å². The fourth-order valence-electron chi connectivity index (χ4n) is 3.60. The second-order valence-corrected chi connectivity index (χ2v) is 8.19. The van der Waals surface area contributed by atoms with Gasteiger partial charge >= 0.3 is 12.1 Å². The molecule has 1 atom stereocenters. The number of nitrogens with one attached hydrogen (secondary N) is 2. The van der Waals surface area contributed by atoms with E-state index < -0.39 is 6.09 Å². The Morgan fingerprint density at radius 2 is 1.93 bits per heavy atom. The Bertz CT molecular complexity index is 728. The molecule has 0 radical (unpaired) electrons. The van der Waals surface area contributed by atoms with Crippen LogP contribution in [0, 0.1) is 0 Å². The summed E-state index contributed by atoms with van der Waals surface area (Å²) in [6, 6.07) is 5.37. The second-order valence-electron chi connectivity index (χ2n) is 7.37. The number of nitrogens with zero attached hydrogens (tertiary/aromatic N) is 2. The van der Waals surface area contributed by atoms with Gasteiger partial charge in [0.05, 0.1) is 22.8 Å². The lowest BCUT2D eigenvalue weighted by Crippen LogP contribution is -2.52. The zero-order valence-corrected chi connectivity index (χ0v) is 17.6. The number of carbonyl (C=O) groups is 2. The van der Waals surface area contributed by atoms with Gasteiger partial charge in [-0.25, -0.2) is 9.59 Å². The lowest BCUT2D eigenvalue weighted by Gasteiger charge is -2.33. The Balaban J connectivity index is 1.38. The molecule has 3 rings (SSSR count). The van der Waals surface area contributed by atoms with Crippen molar-refractivity contribution in [3.05, 3.63) is 33.8 Å². The number of ether oxygens (including phenoxy) is 1. The minimum atomic E-state index is -0.909. The summed E-state index contributed by atoms with van der Waals surface area (Å²) in [5.74, 6) is 0. The molecule has 1 unspecified atom stereocenters. The van der Waals surface area contributed by atoms with Gasteiger partial charge in [0.1, 0.15) is 0 Å². The molecule has 0 saturated carbocycles. The number of urea groups is 1. The summed E-state index contributed by atoms with van der Waals surface area (Å²) in [4.78, 5) is 26.7. The van der Waals surface area contributed by atoms with Crippen LogP contribution in [0.25, 0.3) is 0 Å². The average molecular weight is 445 g/mol. The van der Waals surface area contributed by atoms with E-state index in [0.717, 1.165) is 18.7 Å². The number of rotatable bonds is 5. The number of morpholine rings is 1. The van der Waals surface area contributed by atoms with E-state index in [1.807, 2.05) is 12.1 Å². The first kappa shape index (κ1) is 22.0. The predicted molar refractivity (Wildman–Crippen MR) is 111 cm³/mol. The van der Waals surface area contributed by atoms with E-state index in [9.17, 15) is 9.59 Å². The van der Waals surface area contributed by atoms with Crippen molar-refractivity contribution in [2.45, 2.75) is 31.5 Å². The molecule has 0 spiro atoms. The topological polar surface area (TPSA) is 94.1 Å². The van der Waals surface area contributed by atoms with Crippen molar-refractivity contribution in [1.29, 1.82) is 0 Å². The monoisotopic (exact) mass is 444 g/mol. The zero-order valence-electron chi connectivity index (χ0n) is 16.1. The number of benzene rings is 1. The summed E-state index contributed by atoms with van der Waals surface area (Å²) in [7, 11) is 0. The fourth-order valence-corrected chi connectivity index (χ4v) is 3.92. The summed E-state index contributed by atoms with van der Waals surface area (Å²) in [5.41, 5.74) is 1.08. The highest BCUT2D eigenvalue weighted by Crippen LogP contribution is 2.23. The molecule has 2 fully saturated rings. The lowest BCUT2D eigenvalue weighted by atomic mass is 10.1. The molecule has 2 aliphatic rings. The third kappa shape index (κ3) is 6.64. The maximum atomic E-state index is 12.2. The van der Waals surface area contributed by atoms with E-state index in [-0.39, 0.29) is 18.2 Å². The number of piperidine rings is 1.